The number of anilines is 1. The van der Waals surface area contributed by atoms with Crippen molar-refractivity contribution in [2.24, 2.45) is 0 Å². The van der Waals surface area contributed by atoms with Crippen molar-refractivity contribution < 1.29 is 19.3 Å². The van der Waals surface area contributed by atoms with Crippen molar-refractivity contribution in [2.45, 2.75) is 6.04 Å². The quantitative estimate of drug-likeness (QED) is 0.456. The molecular formula is C24H23N3O4. The molecule has 31 heavy (non-hydrogen) atoms. The summed E-state index contributed by atoms with van der Waals surface area (Å²) in [6.07, 6.45) is 3.36. The molecule has 0 aliphatic carbocycles. The molecule has 0 bridgehead atoms. The third-order valence-corrected chi connectivity index (χ3v) is 5.07. The largest absolute Gasteiger partial charge is 0.505 e. The van der Waals surface area contributed by atoms with E-state index in [1.165, 1.54) is 0 Å². The summed E-state index contributed by atoms with van der Waals surface area (Å²) in [5.41, 5.74) is 1.97. The Morgan fingerprint density at radius 3 is 2.23 bits per heavy atom. The van der Waals surface area contributed by atoms with Crippen LogP contribution in [0, 0.1) is 0 Å². The Labute approximate surface area is 180 Å². The highest BCUT2D eigenvalue weighted by Crippen LogP contribution is 2.43. The molecule has 1 unspecified atom stereocenters. The molecule has 7 heteroatoms. The molecule has 0 radical (unpaired) electrons. The predicted octanol–water partition coefficient (Wildman–Crippen LogP) is 4.56. The maximum Gasteiger partial charge on any atom is 0.203 e. The first-order valence-electron chi connectivity index (χ1n) is 9.70. The smallest absolute Gasteiger partial charge is 0.203 e. The number of phenols is 1. The summed E-state index contributed by atoms with van der Waals surface area (Å²) in [5.74, 6) is 2.28. The van der Waals surface area contributed by atoms with Crippen LogP contribution in [0.4, 0.5) is 5.82 Å². The van der Waals surface area contributed by atoms with Crippen molar-refractivity contribution in [2.75, 3.05) is 26.6 Å². The number of hydrogen-bond acceptors (Lipinski definition) is 7. The van der Waals surface area contributed by atoms with Gasteiger partial charge in [0.05, 0.1) is 27.4 Å². The molecule has 2 aromatic heterocycles. The van der Waals surface area contributed by atoms with E-state index >= 15 is 0 Å². The molecule has 2 N–H and O–H groups in total. The van der Waals surface area contributed by atoms with Crippen molar-refractivity contribution in [1.29, 1.82) is 0 Å². The molecule has 0 spiro atoms. The molecule has 0 saturated heterocycles. The highest BCUT2D eigenvalue weighted by molar-refractivity contribution is 5.86. The summed E-state index contributed by atoms with van der Waals surface area (Å²) in [6, 6.07) is 16.4. The SMILES string of the molecule is COc1cc(C(Nc2ccccn2)c2ccc3cccnc3c2O)cc(OC)c1OC. The molecule has 4 aromatic rings. The summed E-state index contributed by atoms with van der Waals surface area (Å²) in [6.45, 7) is 0. The van der Waals surface area contributed by atoms with Gasteiger partial charge in [0, 0.05) is 23.3 Å². The number of aromatic hydroxyl groups is 1. The molecule has 1 atom stereocenters. The molecule has 2 aromatic carbocycles. The normalized spacial score (nSPS) is 11.7. The summed E-state index contributed by atoms with van der Waals surface area (Å²) < 4.78 is 16.5. The van der Waals surface area contributed by atoms with E-state index < -0.39 is 6.04 Å². The Kier molecular flexibility index (Phi) is 5.75. The van der Waals surface area contributed by atoms with Gasteiger partial charge in [-0.15, -0.1) is 0 Å². The van der Waals surface area contributed by atoms with Gasteiger partial charge in [0.15, 0.2) is 11.5 Å². The zero-order chi connectivity index (χ0) is 21.8. The number of nitrogens with zero attached hydrogens (tertiary/aromatic N) is 2. The van der Waals surface area contributed by atoms with Gasteiger partial charge >= 0.3 is 0 Å². The van der Waals surface area contributed by atoms with Gasteiger partial charge in [-0.05, 0) is 35.9 Å². The van der Waals surface area contributed by atoms with E-state index in [2.05, 4.69) is 15.3 Å². The second-order valence-corrected chi connectivity index (χ2v) is 6.83. The average molecular weight is 417 g/mol. The molecule has 0 amide bonds. The van der Waals surface area contributed by atoms with Gasteiger partial charge < -0.3 is 24.6 Å². The fourth-order valence-corrected chi connectivity index (χ4v) is 3.58. The van der Waals surface area contributed by atoms with Gasteiger partial charge in [0.1, 0.15) is 17.1 Å². The zero-order valence-corrected chi connectivity index (χ0v) is 17.5. The molecule has 158 valence electrons. The number of aromatic nitrogens is 2. The molecule has 0 aliphatic rings. The van der Waals surface area contributed by atoms with Crippen LogP contribution in [0.25, 0.3) is 10.9 Å². The predicted molar refractivity (Wildman–Crippen MR) is 119 cm³/mol. The van der Waals surface area contributed by atoms with E-state index in [1.807, 2.05) is 54.6 Å². The van der Waals surface area contributed by atoms with Crippen molar-refractivity contribution in [3.8, 4) is 23.0 Å². The lowest BCUT2D eigenvalue weighted by atomic mass is 9.95. The van der Waals surface area contributed by atoms with Crippen LogP contribution in [0.1, 0.15) is 17.2 Å². The van der Waals surface area contributed by atoms with Crippen molar-refractivity contribution in [3.05, 3.63) is 78.1 Å². The number of benzene rings is 2. The number of hydrogen-bond donors (Lipinski definition) is 2. The first kappa shape index (κ1) is 20.3. The van der Waals surface area contributed by atoms with E-state index in [4.69, 9.17) is 14.2 Å². The third-order valence-electron chi connectivity index (χ3n) is 5.07. The fourth-order valence-electron chi connectivity index (χ4n) is 3.58. The van der Waals surface area contributed by atoms with Gasteiger partial charge in [-0.2, -0.15) is 0 Å². The average Bonchev–Trinajstić information content (AvgIpc) is 2.83. The third kappa shape index (κ3) is 3.90. The van der Waals surface area contributed by atoms with Crippen molar-refractivity contribution in [1.82, 2.24) is 9.97 Å². The lowest BCUT2D eigenvalue weighted by molar-refractivity contribution is 0.323. The fraction of sp³-hybridized carbons (Fsp3) is 0.167. The highest BCUT2D eigenvalue weighted by Gasteiger charge is 2.24. The molecule has 0 fully saturated rings. The van der Waals surface area contributed by atoms with Crippen LogP contribution >= 0.6 is 0 Å². The zero-order valence-electron chi connectivity index (χ0n) is 17.5. The minimum atomic E-state index is -0.463. The second-order valence-electron chi connectivity index (χ2n) is 6.83. The number of rotatable bonds is 7. The molecule has 2 heterocycles. The summed E-state index contributed by atoms with van der Waals surface area (Å²) in [7, 11) is 4.70. The number of phenolic OH excluding ortho intramolecular Hbond substituents is 1. The minimum absolute atomic E-state index is 0.0975. The van der Waals surface area contributed by atoms with Crippen LogP contribution in [0.3, 0.4) is 0 Å². The van der Waals surface area contributed by atoms with Crippen LogP contribution in [-0.4, -0.2) is 36.4 Å². The van der Waals surface area contributed by atoms with Crippen LogP contribution in [0.5, 0.6) is 23.0 Å². The van der Waals surface area contributed by atoms with Gasteiger partial charge in [-0.1, -0.05) is 24.3 Å². The van der Waals surface area contributed by atoms with Crippen molar-refractivity contribution in [3.63, 3.8) is 0 Å². The Morgan fingerprint density at radius 1 is 0.839 bits per heavy atom. The van der Waals surface area contributed by atoms with E-state index in [-0.39, 0.29) is 5.75 Å². The van der Waals surface area contributed by atoms with Gasteiger partial charge in [-0.3, -0.25) is 4.98 Å². The number of fused-ring (bicyclic) bond motifs is 1. The topological polar surface area (TPSA) is 85.7 Å². The van der Waals surface area contributed by atoms with Gasteiger partial charge in [0.2, 0.25) is 5.75 Å². The van der Waals surface area contributed by atoms with E-state index in [0.29, 0.717) is 34.1 Å². The maximum atomic E-state index is 11.1. The Hall–Kier alpha value is -4.00. The highest BCUT2D eigenvalue weighted by atomic mass is 16.5. The molecule has 4 rings (SSSR count). The van der Waals surface area contributed by atoms with Gasteiger partial charge in [0.25, 0.3) is 0 Å². The maximum absolute atomic E-state index is 11.1. The van der Waals surface area contributed by atoms with E-state index in [0.717, 1.165) is 10.9 Å². The minimum Gasteiger partial charge on any atom is -0.505 e. The van der Waals surface area contributed by atoms with Crippen LogP contribution < -0.4 is 19.5 Å². The second kappa shape index (κ2) is 8.79. The van der Waals surface area contributed by atoms with Crippen LogP contribution in [-0.2, 0) is 0 Å². The summed E-state index contributed by atoms with van der Waals surface area (Å²) in [4.78, 5) is 8.74. The van der Waals surface area contributed by atoms with Gasteiger partial charge in [-0.25, -0.2) is 4.98 Å². The Morgan fingerprint density at radius 2 is 1.58 bits per heavy atom. The lowest BCUT2D eigenvalue weighted by Crippen LogP contribution is -2.14. The van der Waals surface area contributed by atoms with Crippen LogP contribution in [0.15, 0.2) is 67.0 Å². The Bertz CT molecular complexity index is 1170. The van der Waals surface area contributed by atoms with E-state index in [1.54, 1.807) is 33.7 Å². The van der Waals surface area contributed by atoms with E-state index in [9.17, 15) is 5.11 Å². The number of nitrogens with one attached hydrogen (secondary N) is 1. The Balaban J connectivity index is 1.91. The van der Waals surface area contributed by atoms with Crippen LogP contribution in [0.2, 0.25) is 0 Å². The number of methoxy groups -OCH3 is 3. The monoisotopic (exact) mass is 417 g/mol. The number of ether oxygens (including phenoxy) is 3. The first-order valence-corrected chi connectivity index (χ1v) is 9.70. The molecule has 0 aliphatic heterocycles. The molecule has 0 saturated carbocycles. The standard InChI is InChI=1S/C24H23N3O4/c1-29-18-13-16(14-19(30-2)24(18)31-3)21(27-20-8-4-5-11-25-20)17-10-9-15-7-6-12-26-22(15)23(17)28/h4-14,21,28H,1-3H3,(H,25,27). The first-order chi connectivity index (χ1) is 15.2. The summed E-state index contributed by atoms with van der Waals surface area (Å²) >= 11 is 0. The molecular weight excluding hydrogens is 394 g/mol. The lowest BCUT2D eigenvalue weighted by Gasteiger charge is -2.24. The number of pyridine rings is 2. The van der Waals surface area contributed by atoms with Crippen molar-refractivity contribution >= 4 is 16.7 Å². The molecule has 7 nitrogen and oxygen atoms in total. The summed E-state index contributed by atoms with van der Waals surface area (Å²) in [5, 5.41) is 15.4.